The van der Waals surface area contributed by atoms with Crippen molar-refractivity contribution < 1.29 is 9.90 Å². The van der Waals surface area contributed by atoms with Gasteiger partial charge in [-0.3, -0.25) is 4.79 Å². The van der Waals surface area contributed by atoms with Gasteiger partial charge in [-0.1, -0.05) is 24.6 Å². The number of phenolic OH excluding ortho intramolecular Hbond substituents is 1. The van der Waals surface area contributed by atoms with Gasteiger partial charge in [-0.2, -0.15) is 0 Å². The Kier molecular flexibility index (Phi) is 6.90. The molecular formula is C17H17ClN2O2S2. The molecule has 2 rings (SSSR count). The third-order valence-electron chi connectivity index (χ3n) is 3.15. The number of anilines is 1. The molecule has 0 saturated heterocycles. The average molecular weight is 381 g/mol. The summed E-state index contributed by atoms with van der Waals surface area (Å²) in [5.41, 5.74) is 1.53. The number of thioether (sulfide) groups is 1. The number of phenols is 1. The van der Waals surface area contributed by atoms with E-state index in [1.807, 2.05) is 25.1 Å². The summed E-state index contributed by atoms with van der Waals surface area (Å²) in [7, 11) is 0. The van der Waals surface area contributed by atoms with E-state index in [4.69, 9.17) is 23.8 Å². The largest absolute Gasteiger partial charge is 0.506 e. The number of amides is 1. The van der Waals surface area contributed by atoms with E-state index in [0.717, 1.165) is 16.9 Å². The van der Waals surface area contributed by atoms with Crippen LogP contribution < -0.4 is 10.6 Å². The normalized spacial score (nSPS) is 10.2. The van der Waals surface area contributed by atoms with Crippen LogP contribution in [0, 0.1) is 0 Å². The Morgan fingerprint density at radius 2 is 1.96 bits per heavy atom. The summed E-state index contributed by atoms with van der Waals surface area (Å²) < 4.78 is 0. The number of nitrogens with one attached hydrogen (secondary N) is 2. The molecule has 126 valence electrons. The van der Waals surface area contributed by atoms with Crippen molar-refractivity contribution in [2.75, 3.05) is 11.1 Å². The average Bonchev–Trinajstić information content (AvgIpc) is 2.56. The highest BCUT2D eigenvalue weighted by atomic mass is 35.5. The van der Waals surface area contributed by atoms with Crippen LogP contribution in [-0.4, -0.2) is 21.9 Å². The van der Waals surface area contributed by atoms with Crippen LogP contribution in [0.15, 0.2) is 47.4 Å². The predicted octanol–water partition coefficient (Wildman–Crippen LogP) is 4.21. The first-order valence-corrected chi connectivity index (χ1v) is 9.06. The van der Waals surface area contributed by atoms with Crippen LogP contribution in [0.25, 0.3) is 0 Å². The topological polar surface area (TPSA) is 61.4 Å². The molecule has 0 aliphatic heterocycles. The fourth-order valence-electron chi connectivity index (χ4n) is 1.90. The Labute approximate surface area is 155 Å². The summed E-state index contributed by atoms with van der Waals surface area (Å²) in [6.45, 7) is 2.02. The highest BCUT2D eigenvalue weighted by molar-refractivity contribution is 8.00. The first kappa shape index (κ1) is 18.6. The molecule has 24 heavy (non-hydrogen) atoms. The summed E-state index contributed by atoms with van der Waals surface area (Å²) in [6.07, 6.45) is 0.839. The van der Waals surface area contributed by atoms with Crippen molar-refractivity contribution in [3.05, 3.63) is 53.1 Å². The van der Waals surface area contributed by atoms with Gasteiger partial charge in [0.05, 0.1) is 11.4 Å². The molecule has 0 radical (unpaired) electrons. The molecule has 3 N–H and O–H groups in total. The second-order valence-corrected chi connectivity index (χ2v) is 6.84. The zero-order valence-electron chi connectivity index (χ0n) is 13.0. The molecule has 0 bridgehead atoms. The number of carbonyl (C=O) groups is 1. The molecule has 0 atom stereocenters. The summed E-state index contributed by atoms with van der Waals surface area (Å²) >= 11 is 12.3. The molecule has 2 aromatic rings. The minimum absolute atomic E-state index is 0.0827. The number of rotatable bonds is 5. The summed E-state index contributed by atoms with van der Waals surface area (Å²) in [5.74, 6) is 0.0858. The van der Waals surface area contributed by atoms with Crippen LogP contribution in [0.4, 0.5) is 5.69 Å². The summed E-state index contributed by atoms with van der Waals surface area (Å²) in [6, 6.07) is 12.5. The van der Waals surface area contributed by atoms with Crippen molar-refractivity contribution in [3.8, 4) is 5.75 Å². The monoisotopic (exact) mass is 380 g/mol. The number of carbonyl (C=O) groups excluding carboxylic acids is 1. The maximum atomic E-state index is 11.9. The van der Waals surface area contributed by atoms with E-state index in [2.05, 4.69) is 10.6 Å². The zero-order valence-corrected chi connectivity index (χ0v) is 15.4. The van der Waals surface area contributed by atoms with Crippen molar-refractivity contribution in [1.29, 1.82) is 0 Å². The lowest BCUT2D eigenvalue weighted by Gasteiger charge is -2.12. The van der Waals surface area contributed by atoms with Gasteiger partial charge in [-0.15, -0.1) is 11.8 Å². The molecule has 0 spiro atoms. The molecule has 0 unspecified atom stereocenters. The Morgan fingerprint density at radius 1 is 1.25 bits per heavy atom. The Bertz CT molecular complexity index is 736. The van der Waals surface area contributed by atoms with E-state index < -0.39 is 0 Å². The maximum absolute atomic E-state index is 11.9. The molecule has 0 fully saturated rings. The number of thiocarbonyl (C=S) groups is 1. The molecule has 4 nitrogen and oxygen atoms in total. The van der Waals surface area contributed by atoms with Gasteiger partial charge in [-0.25, -0.2) is 0 Å². The molecule has 7 heteroatoms. The fourth-order valence-corrected chi connectivity index (χ4v) is 2.95. The molecule has 0 heterocycles. The number of aryl methyl sites for hydroxylation is 1. The first-order chi connectivity index (χ1) is 11.5. The highest BCUT2D eigenvalue weighted by Crippen LogP contribution is 2.24. The van der Waals surface area contributed by atoms with Gasteiger partial charge in [0.2, 0.25) is 5.91 Å². The van der Waals surface area contributed by atoms with E-state index in [1.165, 1.54) is 11.8 Å². The van der Waals surface area contributed by atoms with Crippen LogP contribution in [0.2, 0.25) is 5.02 Å². The smallest absolute Gasteiger partial charge is 0.236 e. The van der Waals surface area contributed by atoms with Gasteiger partial charge < -0.3 is 15.7 Å². The fraction of sp³-hybridized carbons (Fsp3) is 0.176. The molecule has 0 aliphatic carbocycles. The Hall–Kier alpha value is -1.76. The lowest BCUT2D eigenvalue weighted by molar-refractivity contribution is -0.117. The van der Waals surface area contributed by atoms with Crippen LogP contribution in [0.1, 0.15) is 12.5 Å². The Morgan fingerprint density at radius 3 is 2.62 bits per heavy atom. The summed E-state index contributed by atoms with van der Waals surface area (Å²) in [4.78, 5) is 12.9. The zero-order chi connectivity index (χ0) is 17.5. The SMILES string of the molecule is CCc1ccc(O)c(NC(=S)NC(=O)CSc2ccc(Cl)cc2)c1. The summed E-state index contributed by atoms with van der Waals surface area (Å²) in [5, 5.41) is 16.1. The number of benzene rings is 2. The van der Waals surface area contributed by atoms with Gasteiger partial charge in [0.1, 0.15) is 5.75 Å². The van der Waals surface area contributed by atoms with Crippen LogP contribution >= 0.6 is 35.6 Å². The third-order valence-corrected chi connectivity index (χ3v) is 4.62. The van der Waals surface area contributed by atoms with Crippen LogP contribution in [-0.2, 0) is 11.2 Å². The van der Waals surface area contributed by atoms with Crippen molar-refractivity contribution in [1.82, 2.24) is 5.32 Å². The molecule has 0 aromatic heterocycles. The second kappa shape index (κ2) is 8.92. The quantitative estimate of drug-likeness (QED) is 0.412. The maximum Gasteiger partial charge on any atom is 0.236 e. The van der Waals surface area contributed by atoms with Gasteiger partial charge in [0.15, 0.2) is 5.11 Å². The van der Waals surface area contributed by atoms with E-state index >= 15 is 0 Å². The lowest BCUT2D eigenvalue weighted by Crippen LogP contribution is -2.35. The first-order valence-electron chi connectivity index (χ1n) is 7.29. The number of halogens is 1. The van der Waals surface area contributed by atoms with Gasteiger partial charge in [0.25, 0.3) is 0 Å². The van der Waals surface area contributed by atoms with E-state index in [-0.39, 0.29) is 22.5 Å². The van der Waals surface area contributed by atoms with Crippen LogP contribution in [0.5, 0.6) is 5.75 Å². The lowest BCUT2D eigenvalue weighted by atomic mass is 10.1. The standard InChI is InChI=1S/C17H17ClN2O2S2/c1-2-11-3-8-15(21)14(9-11)19-17(23)20-16(22)10-24-13-6-4-12(18)5-7-13/h3-9,21H,2,10H2,1H3,(H2,19,20,22,23). The minimum Gasteiger partial charge on any atom is -0.506 e. The molecule has 2 aromatic carbocycles. The third kappa shape index (κ3) is 5.70. The van der Waals surface area contributed by atoms with Gasteiger partial charge >= 0.3 is 0 Å². The van der Waals surface area contributed by atoms with Crippen molar-refractivity contribution in [2.45, 2.75) is 18.2 Å². The van der Waals surface area contributed by atoms with E-state index in [9.17, 15) is 9.90 Å². The van der Waals surface area contributed by atoms with Gasteiger partial charge in [0, 0.05) is 9.92 Å². The predicted molar refractivity (Wildman–Crippen MR) is 104 cm³/mol. The van der Waals surface area contributed by atoms with Crippen molar-refractivity contribution in [2.24, 2.45) is 0 Å². The van der Waals surface area contributed by atoms with E-state index in [0.29, 0.717) is 10.7 Å². The molecule has 0 saturated carbocycles. The van der Waals surface area contributed by atoms with Crippen LogP contribution in [0.3, 0.4) is 0 Å². The van der Waals surface area contributed by atoms with Crippen molar-refractivity contribution >= 4 is 52.3 Å². The minimum atomic E-state index is -0.224. The number of aromatic hydroxyl groups is 1. The number of hydrogen-bond donors (Lipinski definition) is 3. The van der Waals surface area contributed by atoms with Gasteiger partial charge in [-0.05, 0) is 60.6 Å². The highest BCUT2D eigenvalue weighted by Gasteiger charge is 2.08. The second-order valence-electron chi connectivity index (χ2n) is 4.95. The number of hydrogen-bond acceptors (Lipinski definition) is 4. The van der Waals surface area contributed by atoms with Crippen molar-refractivity contribution in [3.63, 3.8) is 0 Å². The molecule has 1 amide bonds. The van der Waals surface area contributed by atoms with E-state index in [1.54, 1.807) is 24.3 Å². The molecular weight excluding hydrogens is 364 g/mol. The Balaban J connectivity index is 1.85. The molecule has 0 aliphatic rings.